The molecule has 0 bridgehead atoms. The lowest BCUT2D eigenvalue weighted by Crippen LogP contribution is -2.22. The van der Waals surface area contributed by atoms with Crippen LogP contribution in [0.1, 0.15) is 15.9 Å². The van der Waals surface area contributed by atoms with Crippen LogP contribution in [0.15, 0.2) is 29.0 Å². The third-order valence-electron chi connectivity index (χ3n) is 2.11. The summed E-state index contributed by atoms with van der Waals surface area (Å²) in [6.45, 7) is 0.488. The third kappa shape index (κ3) is 3.18. The van der Waals surface area contributed by atoms with Gasteiger partial charge in [0.2, 0.25) is 0 Å². The van der Waals surface area contributed by atoms with Crippen molar-refractivity contribution in [2.75, 3.05) is 5.73 Å². The van der Waals surface area contributed by atoms with Gasteiger partial charge in [-0.1, -0.05) is 11.6 Å². The van der Waals surface area contributed by atoms with Gasteiger partial charge in [0, 0.05) is 12.1 Å². The van der Waals surface area contributed by atoms with Gasteiger partial charge in [-0.2, -0.15) is 11.3 Å². The van der Waals surface area contributed by atoms with Gasteiger partial charge in [0.1, 0.15) is 11.0 Å². The Bertz CT molecular complexity index is 507. The fraction of sp³-hybridized carbons (Fsp3) is 0.0909. The second-order valence-electron chi connectivity index (χ2n) is 3.42. The largest absolute Gasteiger partial charge is 0.384 e. The molecule has 3 N–H and O–H groups in total. The van der Waals surface area contributed by atoms with E-state index in [1.165, 1.54) is 12.1 Å². The van der Waals surface area contributed by atoms with Crippen molar-refractivity contribution in [2.45, 2.75) is 6.54 Å². The average molecular weight is 268 g/mol. The molecular formula is C11H10ClN3OS. The number of nitrogens with one attached hydrogen (secondary N) is 1. The van der Waals surface area contributed by atoms with E-state index in [1.54, 1.807) is 11.3 Å². The predicted molar refractivity (Wildman–Crippen MR) is 69.1 cm³/mol. The Labute approximate surface area is 107 Å². The van der Waals surface area contributed by atoms with E-state index < -0.39 is 0 Å². The number of aromatic nitrogens is 1. The number of hydrogen-bond donors (Lipinski definition) is 2. The molecule has 88 valence electrons. The van der Waals surface area contributed by atoms with Crippen LogP contribution in [0.4, 0.5) is 5.82 Å². The van der Waals surface area contributed by atoms with Gasteiger partial charge in [0.25, 0.3) is 5.91 Å². The molecule has 6 heteroatoms. The normalized spacial score (nSPS) is 10.2. The third-order valence-corrected chi connectivity index (χ3v) is 3.03. The molecule has 0 fully saturated rings. The van der Waals surface area contributed by atoms with E-state index in [-0.39, 0.29) is 16.9 Å². The maximum absolute atomic E-state index is 11.8. The zero-order valence-corrected chi connectivity index (χ0v) is 10.4. The number of nitrogens with zero attached hydrogens (tertiary/aromatic N) is 1. The van der Waals surface area contributed by atoms with Gasteiger partial charge < -0.3 is 11.1 Å². The molecule has 2 aromatic heterocycles. The minimum absolute atomic E-state index is 0.214. The van der Waals surface area contributed by atoms with Crippen LogP contribution < -0.4 is 11.1 Å². The SMILES string of the molecule is Nc1cc(C(=O)NCc2ccsc2)cc(Cl)n1. The summed E-state index contributed by atoms with van der Waals surface area (Å²) in [5.74, 6) is 0.0189. The van der Waals surface area contributed by atoms with Crippen LogP contribution in [0.25, 0.3) is 0 Å². The van der Waals surface area contributed by atoms with Crippen molar-refractivity contribution in [1.82, 2.24) is 10.3 Å². The molecule has 0 aliphatic rings. The number of rotatable bonds is 3. The van der Waals surface area contributed by atoms with Crippen LogP contribution >= 0.6 is 22.9 Å². The molecule has 0 unspecified atom stereocenters. The second kappa shape index (κ2) is 5.16. The Kier molecular flexibility index (Phi) is 3.61. The molecule has 17 heavy (non-hydrogen) atoms. The molecule has 2 aromatic rings. The summed E-state index contributed by atoms with van der Waals surface area (Å²) >= 11 is 7.31. The molecule has 4 nitrogen and oxygen atoms in total. The van der Waals surface area contributed by atoms with Crippen molar-refractivity contribution in [3.05, 3.63) is 45.2 Å². The summed E-state index contributed by atoms with van der Waals surface area (Å²) in [5.41, 5.74) is 6.99. The molecule has 2 rings (SSSR count). The van der Waals surface area contributed by atoms with Gasteiger partial charge in [-0.15, -0.1) is 0 Å². The molecule has 1 amide bonds. The number of hydrogen-bond acceptors (Lipinski definition) is 4. The lowest BCUT2D eigenvalue weighted by Gasteiger charge is -2.05. The number of anilines is 1. The molecule has 0 saturated heterocycles. The molecule has 0 radical (unpaired) electrons. The lowest BCUT2D eigenvalue weighted by atomic mass is 10.2. The summed E-state index contributed by atoms with van der Waals surface area (Å²) in [4.78, 5) is 15.6. The molecule has 0 spiro atoms. The zero-order chi connectivity index (χ0) is 12.3. The standard InChI is InChI=1S/C11H10ClN3OS/c12-9-3-8(4-10(13)15-9)11(16)14-5-7-1-2-17-6-7/h1-4,6H,5H2,(H2,13,15)(H,14,16). The number of nitrogens with two attached hydrogens (primary N) is 1. The summed E-state index contributed by atoms with van der Waals surface area (Å²) in [5, 5.41) is 6.94. The zero-order valence-electron chi connectivity index (χ0n) is 8.81. The van der Waals surface area contributed by atoms with Crippen molar-refractivity contribution < 1.29 is 4.79 Å². The summed E-state index contributed by atoms with van der Waals surface area (Å²) in [7, 11) is 0. The van der Waals surface area contributed by atoms with Gasteiger partial charge in [-0.25, -0.2) is 4.98 Å². The molecular weight excluding hydrogens is 258 g/mol. The van der Waals surface area contributed by atoms with Crippen LogP contribution in [0.5, 0.6) is 0 Å². The number of carbonyl (C=O) groups is 1. The number of halogens is 1. The first-order valence-corrected chi connectivity index (χ1v) is 6.19. The Morgan fingerprint density at radius 1 is 1.53 bits per heavy atom. The van der Waals surface area contributed by atoms with Gasteiger partial charge in [0.05, 0.1) is 0 Å². The quantitative estimate of drug-likeness (QED) is 0.839. The monoisotopic (exact) mass is 267 g/mol. The number of amides is 1. The molecule has 0 aliphatic carbocycles. The van der Waals surface area contributed by atoms with Gasteiger partial charge in [0.15, 0.2) is 0 Å². The minimum Gasteiger partial charge on any atom is -0.384 e. The van der Waals surface area contributed by atoms with E-state index in [9.17, 15) is 4.79 Å². The molecule has 0 aliphatic heterocycles. The summed E-state index contributed by atoms with van der Waals surface area (Å²) in [6.07, 6.45) is 0. The topological polar surface area (TPSA) is 68.0 Å². The minimum atomic E-state index is -0.216. The van der Waals surface area contributed by atoms with Crippen molar-refractivity contribution in [3.63, 3.8) is 0 Å². The average Bonchev–Trinajstić information content (AvgIpc) is 2.77. The van der Waals surface area contributed by atoms with E-state index in [0.717, 1.165) is 5.56 Å². The van der Waals surface area contributed by atoms with Crippen molar-refractivity contribution in [2.24, 2.45) is 0 Å². The molecule has 2 heterocycles. The Morgan fingerprint density at radius 2 is 2.35 bits per heavy atom. The maximum atomic E-state index is 11.8. The highest BCUT2D eigenvalue weighted by Crippen LogP contribution is 2.12. The fourth-order valence-corrected chi connectivity index (χ4v) is 2.21. The first-order chi connectivity index (χ1) is 8.15. The molecule has 0 aromatic carbocycles. The fourth-order valence-electron chi connectivity index (χ4n) is 1.33. The number of thiophene rings is 1. The molecule has 0 saturated carbocycles. The van der Waals surface area contributed by atoms with Crippen LogP contribution in [0, 0.1) is 0 Å². The highest BCUT2D eigenvalue weighted by atomic mass is 35.5. The first-order valence-electron chi connectivity index (χ1n) is 4.87. The van der Waals surface area contributed by atoms with Crippen molar-refractivity contribution in [1.29, 1.82) is 0 Å². The van der Waals surface area contributed by atoms with E-state index in [0.29, 0.717) is 12.1 Å². The molecule has 0 atom stereocenters. The van der Waals surface area contributed by atoms with Gasteiger partial charge in [-0.05, 0) is 34.5 Å². The first kappa shape index (κ1) is 11.9. The van der Waals surface area contributed by atoms with Gasteiger partial charge >= 0.3 is 0 Å². The van der Waals surface area contributed by atoms with E-state index in [1.807, 2.05) is 16.8 Å². The van der Waals surface area contributed by atoms with E-state index >= 15 is 0 Å². The van der Waals surface area contributed by atoms with E-state index in [4.69, 9.17) is 17.3 Å². The van der Waals surface area contributed by atoms with Crippen LogP contribution in [0.2, 0.25) is 5.15 Å². The lowest BCUT2D eigenvalue weighted by molar-refractivity contribution is 0.0951. The van der Waals surface area contributed by atoms with Crippen LogP contribution in [0.3, 0.4) is 0 Å². The Hall–Kier alpha value is -1.59. The second-order valence-corrected chi connectivity index (χ2v) is 4.58. The number of carbonyl (C=O) groups excluding carboxylic acids is 1. The number of nitrogen functional groups attached to an aromatic ring is 1. The van der Waals surface area contributed by atoms with Gasteiger partial charge in [-0.3, -0.25) is 4.79 Å². The smallest absolute Gasteiger partial charge is 0.251 e. The van der Waals surface area contributed by atoms with Crippen molar-refractivity contribution >= 4 is 34.7 Å². The van der Waals surface area contributed by atoms with E-state index in [2.05, 4.69) is 10.3 Å². The van der Waals surface area contributed by atoms with Crippen LogP contribution in [-0.4, -0.2) is 10.9 Å². The summed E-state index contributed by atoms with van der Waals surface area (Å²) in [6, 6.07) is 4.94. The Balaban J connectivity index is 2.04. The highest BCUT2D eigenvalue weighted by Gasteiger charge is 2.08. The maximum Gasteiger partial charge on any atom is 0.251 e. The predicted octanol–water partition coefficient (Wildman–Crippen LogP) is 2.31. The highest BCUT2D eigenvalue weighted by molar-refractivity contribution is 7.07. The van der Waals surface area contributed by atoms with Crippen LogP contribution in [-0.2, 0) is 6.54 Å². The number of pyridine rings is 1. The summed E-state index contributed by atoms with van der Waals surface area (Å²) < 4.78 is 0. The van der Waals surface area contributed by atoms with Crippen molar-refractivity contribution in [3.8, 4) is 0 Å². The Morgan fingerprint density at radius 3 is 3.00 bits per heavy atom.